The molecule has 2 atom stereocenters. The highest BCUT2D eigenvalue weighted by Crippen LogP contribution is 2.33. The number of rotatable bonds is 12. The van der Waals surface area contributed by atoms with E-state index in [-0.39, 0.29) is 41.5 Å². The maximum Gasteiger partial charge on any atom is 0.309 e. The molecule has 0 saturated heterocycles. The van der Waals surface area contributed by atoms with E-state index >= 15 is 0 Å². The summed E-state index contributed by atoms with van der Waals surface area (Å²) in [5, 5.41) is 4.55. The first-order chi connectivity index (χ1) is 19.0. The van der Waals surface area contributed by atoms with E-state index in [4.69, 9.17) is 15.9 Å². The van der Waals surface area contributed by atoms with Gasteiger partial charge >= 0.3 is 11.9 Å². The fourth-order valence-corrected chi connectivity index (χ4v) is 5.83. The van der Waals surface area contributed by atoms with Crippen molar-refractivity contribution in [1.82, 2.24) is 5.32 Å². The van der Waals surface area contributed by atoms with E-state index in [0.717, 1.165) is 16.7 Å². The first-order valence-corrected chi connectivity index (χ1v) is 14.5. The van der Waals surface area contributed by atoms with E-state index in [9.17, 15) is 18.0 Å². The summed E-state index contributed by atoms with van der Waals surface area (Å²) in [6.45, 7) is 6.31. The van der Waals surface area contributed by atoms with Gasteiger partial charge in [-0.05, 0) is 52.6 Å². The van der Waals surface area contributed by atoms with Gasteiger partial charge in [0.25, 0.3) is 10.0 Å². The van der Waals surface area contributed by atoms with Crippen molar-refractivity contribution in [1.29, 1.82) is 0 Å². The van der Waals surface area contributed by atoms with E-state index in [1.807, 2.05) is 39.0 Å². The second-order valence-electron chi connectivity index (χ2n) is 10.0. The fraction of sp³-hybridized carbons (Fsp3) is 0.355. The van der Waals surface area contributed by atoms with Crippen LogP contribution in [0, 0.1) is 18.3 Å². The van der Waals surface area contributed by atoms with Crippen molar-refractivity contribution in [2.24, 2.45) is 5.92 Å². The predicted octanol–water partition coefficient (Wildman–Crippen LogP) is 4.94. The Bertz CT molecular complexity index is 1520. The summed E-state index contributed by atoms with van der Waals surface area (Å²) in [7, 11) is -1.31. The van der Waals surface area contributed by atoms with Crippen LogP contribution < -0.4 is 10.0 Å². The van der Waals surface area contributed by atoms with Crippen molar-refractivity contribution in [3.05, 3.63) is 71.3 Å². The first kappa shape index (κ1) is 30.7. The van der Waals surface area contributed by atoms with Gasteiger partial charge in [0.1, 0.15) is 0 Å². The molecule has 0 unspecified atom stereocenters. The molecule has 0 fully saturated rings. The number of nitrogens with one attached hydrogen (secondary N) is 2. The molecule has 2 N–H and O–H groups in total. The molecular weight excluding hydrogens is 528 g/mol. The number of hydrogen-bond acceptors (Lipinski definition) is 7. The maximum atomic E-state index is 13.7. The lowest BCUT2D eigenvalue weighted by atomic mass is 9.98. The number of sulfonamides is 1. The van der Waals surface area contributed by atoms with E-state index in [1.54, 1.807) is 36.4 Å². The molecule has 3 rings (SSSR count). The summed E-state index contributed by atoms with van der Waals surface area (Å²) >= 11 is 0. The van der Waals surface area contributed by atoms with E-state index in [1.165, 1.54) is 14.2 Å². The molecule has 3 aromatic rings. The zero-order valence-corrected chi connectivity index (χ0v) is 24.3. The van der Waals surface area contributed by atoms with Gasteiger partial charge in [-0.25, -0.2) is 8.42 Å². The van der Waals surface area contributed by atoms with Crippen molar-refractivity contribution >= 4 is 38.4 Å². The molecule has 0 saturated carbocycles. The standard InChI is InChI=1S/C31H36N2O6S/c1-7-27(32-19-21(4)16-30(34)38-5)24-13-15-29(25-11-9-8-10-23(24)25)40(36,37)33-28-14-12-22(18-31(35)39-6)17-26(28)20(2)3/h1,8-15,17,20-21,27,32-33H,16,18-19H2,2-6H3/t21-,27-/m0/s1. The number of carbonyl (C=O) groups excluding carboxylic acids is 2. The zero-order chi connectivity index (χ0) is 29.4. The Morgan fingerprint density at radius 3 is 2.23 bits per heavy atom. The summed E-state index contributed by atoms with van der Waals surface area (Å²) < 4.78 is 39.7. The van der Waals surface area contributed by atoms with Crippen molar-refractivity contribution in [2.45, 2.75) is 50.5 Å². The van der Waals surface area contributed by atoms with Gasteiger partial charge in [0, 0.05) is 11.8 Å². The average molecular weight is 565 g/mol. The average Bonchev–Trinajstić information content (AvgIpc) is 2.93. The monoisotopic (exact) mass is 564 g/mol. The molecule has 0 aliphatic heterocycles. The van der Waals surface area contributed by atoms with Gasteiger partial charge < -0.3 is 9.47 Å². The Hall–Kier alpha value is -3.87. The molecule has 8 nitrogen and oxygen atoms in total. The highest BCUT2D eigenvalue weighted by Gasteiger charge is 2.23. The van der Waals surface area contributed by atoms with Crippen LogP contribution in [-0.4, -0.2) is 41.1 Å². The lowest BCUT2D eigenvalue weighted by Crippen LogP contribution is -2.27. The van der Waals surface area contributed by atoms with Crippen molar-refractivity contribution in [3.63, 3.8) is 0 Å². The Balaban J connectivity index is 1.95. The molecule has 0 amide bonds. The Morgan fingerprint density at radius 1 is 0.925 bits per heavy atom. The summed E-state index contributed by atoms with van der Waals surface area (Å²) in [6.07, 6.45) is 6.22. The fourth-order valence-electron chi connectivity index (χ4n) is 4.53. The van der Waals surface area contributed by atoms with E-state index in [0.29, 0.717) is 23.0 Å². The number of benzene rings is 3. The molecular formula is C31H36N2O6S. The van der Waals surface area contributed by atoms with Crippen LogP contribution in [0.4, 0.5) is 5.69 Å². The Morgan fingerprint density at radius 2 is 1.60 bits per heavy atom. The summed E-state index contributed by atoms with van der Waals surface area (Å²) in [6, 6.07) is 15.2. The zero-order valence-electron chi connectivity index (χ0n) is 23.5. The summed E-state index contributed by atoms with van der Waals surface area (Å²) in [5.41, 5.74) is 2.71. The minimum Gasteiger partial charge on any atom is -0.469 e. The molecule has 9 heteroatoms. The molecule has 0 bridgehead atoms. The molecule has 0 spiro atoms. The van der Waals surface area contributed by atoms with E-state index in [2.05, 4.69) is 16.0 Å². The van der Waals surface area contributed by atoms with E-state index < -0.39 is 16.1 Å². The number of ether oxygens (including phenoxy) is 2. The lowest BCUT2D eigenvalue weighted by Gasteiger charge is -2.20. The van der Waals surface area contributed by atoms with Crippen LogP contribution in [0.3, 0.4) is 0 Å². The molecule has 0 aliphatic rings. The van der Waals surface area contributed by atoms with Crippen LogP contribution in [-0.2, 0) is 35.5 Å². The maximum absolute atomic E-state index is 13.7. The second-order valence-corrected chi connectivity index (χ2v) is 11.7. The largest absolute Gasteiger partial charge is 0.469 e. The van der Waals surface area contributed by atoms with Crippen LogP contribution in [0.15, 0.2) is 59.5 Å². The number of terminal acetylenes is 1. The Kier molecular flexibility index (Phi) is 10.3. The highest BCUT2D eigenvalue weighted by molar-refractivity contribution is 7.93. The first-order valence-electron chi connectivity index (χ1n) is 13.0. The van der Waals surface area contributed by atoms with Crippen LogP contribution in [0.25, 0.3) is 10.8 Å². The summed E-state index contributed by atoms with van der Waals surface area (Å²) in [5.74, 6) is 2.08. The number of fused-ring (bicyclic) bond motifs is 1. The van der Waals surface area contributed by atoms with Crippen molar-refractivity contribution in [2.75, 3.05) is 25.5 Å². The van der Waals surface area contributed by atoms with Gasteiger partial charge in [0.05, 0.1) is 37.3 Å². The van der Waals surface area contributed by atoms with Gasteiger partial charge in [-0.3, -0.25) is 19.6 Å². The molecule has 3 aromatic carbocycles. The number of carbonyl (C=O) groups is 2. The molecule has 0 radical (unpaired) electrons. The SMILES string of the molecule is C#C[C@H](NC[C@@H](C)CC(=O)OC)c1ccc(S(=O)(=O)Nc2ccc(CC(=O)OC)cc2C(C)C)c2ccccc12. The number of methoxy groups -OCH3 is 2. The molecule has 0 heterocycles. The van der Waals surface area contributed by atoms with Crippen LogP contribution in [0.1, 0.15) is 55.8 Å². The smallest absolute Gasteiger partial charge is 0.309 e. The molecule has 0 aliphatic carbocycles. The van der Waals surface area contributed by atoms with Crippen LogP contribution in [0.2, 0.25) is 0 Å². The molecule has 40 heavy (non-hydrogen) atoms. The van der Waals surface area contributed by atoms with Crippen LogP contribution in [0.5, 0.6) is 0 Å². The third kappa shape index (κ3) is 7.40. The van der Waals surface area contributed by atoms with Gasteiger partial charge in [0.2, 0.25) is 0 Å². The minimum absolute atomic E-state index is 0.00143. The third-order valence-electron chi connectivity index (χ3n) is 6.66. The predicted molar refractivity (Wildman–Crippen MR) is 156 cm³/mol. The van der Waals surface area contributed by atoms with Gasteiger partial charge in [-0.2, -0.15) is 0 Å². The minimum atomic E-state index is -3.99. The highest BCUT2D eigenvalue weighted by atomic mass is 32.2. The topological polar surface area (TPSA) is 111 Å². The Labute approximate surface area is 236 Å². The quantitative estimate of drug-likeness (QED) is 0.237. The molecule has 212 valence electrons. The second kappa shape index (κ2) is 13.5. The van der Waals surface area contributed by atoms with Crippen LogP contribution >= 0.6 is 0 Å². The van der Waals surface area contributed by atoms with Crippen molar-refractivity contribution in [3.8, 4) is 12.3 Å². The van der Waals surface area contributed by atoms with Gasteiger partial charge in [-0.1, -0.05) is 69.2 Å². The lowest BCUT2D eigenvalue weighted by molar-refractivity contribution is -0.141. The number of anilines is 1. The van der Waals surface area contributed by atoms with Crippen molar-refractivity contribution < 1.29 is 27.5 Å². The number of hydrogen-bond donors (Lipinski definition) is 2. The molecule has 0 aromatic heterocycles. The number of esters is 2. The normalized spacial score (nSPS) is 12.9. The third-order valence-corrected chi connectivity index (χ3v) is 8.08. The summed E-state index contributed by atoms with van der Waals surface area (Å²) in [4.78, 5) is 23.5. The van der Waals surface area contributed by atoms with Gasteiger partial charge in [-0.15, -0.1) is 6.42 Å². The van der Waals surface area contributed by atoms with Gasteiger partial charge in [0.15, 0.2) is 0 Å².